The number of ether oxygens (including phenoxy) is 1. The molecule has 0 saturated heterocycles. The van der Waals surface area contributed by atoms with E-state index in [1.54, 1.807) is 12.3 Å². The van der Waals surface area contributed by atoms with Crippen LogP contribution in [0.25, 0.3) is 82.1 Å². The first-order valence-corrected chi connectivity index (χ1v) is 24.8. The van der Waals surface area contributed by atoms with Crippen molar-refractivity contribution in [1.29, 1.82) is 0 Å². The molecular formula is C66H60N4O. The second kappa shape index (κ2) is 16.9. The molecule has 1 aliphatic rings. The van der Waals surface area contributed by atoms with Crippen LogP contribution in [0, 0.1) is 5.41 Å². The summed E-state index contributed by atoms with van der Waals surface area (Å²) in [5.74, 6) is 1.22. The van der Waals surface area contributed by atoms with Gasteiger partial charge in [0.25, 0.3) is 0 Å². The molecule has 0 N–H and O–H groups in total. The van der Waals surface area contributed by atoms with Gasteiger partial charge in [-0.2, -0.15) is 0 Å². The zero-order valence-corrected chi connectivity index (χ0v) is 41.8. The van der Waals surface area contributed by atoms with E-state index in [9.17, 15) is 1.37 Å². The fraction of sp³-hybridized carbons (Fsp3) is 0.197. The number of benzene rings is 8. The van der Waals surface area contributed by atoms with Crippen LogP contribution in [0.3, 0.4) is 0 Å². The van der Waals surface area contributed by atoms with Crippen molar-refractivity contribution in [1.82, 2.24) is 14.1 Å². The van der Waals surface area contributed by atoms with E-state index in [0.29, 0.717) is 29.5 Å². The Bertz CT molecular complexity index is 4110. The summed E-state index contributed by atoms with van der Waals surface area (Å²) in [5.41, 5.74) is 10.5. The van der Waals surface area contributed by atoms with Crippen molar-refractivity contribution in [2.45, 2.75) is 79.7 Å². The minimum absolute atomic E-state index is 0.138. The first-order chi connectivity index (χ1) is 35.3. The predicted octanol–water partition coefficient (Wildman–Crippen LogP) is 18.3. The molecule has 0 radical (unpaired) electrons. The highest BCUT2D eigenvalue weighted by Crippen LogP contribution is 2.46. The highest BCUT2D eigenvalue weighted by atomic mass is 16.5. The Morgan fingerprint density at radius 1 is 0.577 bits per heavy atom. The van der Waals surface area contributed by atoms with Crippen LogP contribution in [0.15, 0.2) is 188 Å². The molecule has 0 spiro atoms. The van der Waals surface area contributed by atoms with Crippen LogP contribution in [0.4, 0.5) is 11.4 Å². The van der Waals surface area contributed by atoms with Gasteiger partial charge in [0, 0.05) is 55.2 Å². The van der Waals surface area contributed by atoms with Gasteiger partial charge in [-0.15, -0.1) is 0 Å². The zero-order chi connectivity index (χ0) is 51.5. The number of hydrogen-bond donors (Lipinski definition) is 0. The Labute approximate surface area is 421 Å². The average molecular weight is 928 g/mol. The van der Waals surface area contributed by atoms with Gasteiger partial charge in [0.2, 0.25) is 0 Å². The number of fused-ring (bicyclic) bond motifs is 10. The quantitative estimate of drug-likeness (QED) is 0.160. The van der Waals surface area contributed by atoms with E-state index in [-0.39, 0.29) is 5.41 Å². The lowest BCUT2D eigenvalue weighted by Gasteiger charge is -2.23. The number of para-hydroxylation sites is 3. The summed E-state index contributed by atoms with van der Waals surface area (Å²) in [6, 6.07) is 64.5. The third kappa shape index (κ3) is 7.85. The summed E-state index contributed by atoms with van der Waals surface area (Å²) < 4.78 is 39.0. The summed E-state index contributed by atoms with van der Waals surface area (Å²) in [6.45, 7) is 17.1. The van der Waals surface area contributed by atoms with Crippen molar-refractivity contribution in [3.8, 4) is 28.4 Å². The fourth-order valence-electron chi connectivity index (χ4n) is 10.8. The molecule has 350 valence electrons. The molecule has 3 aromatic heterocycles. The first kappa shape index (κ1) is 40.9. The van der Waals surface area contributed by atoms with Crippen molar-refractivity contribution < 1.29 is 8.85 Å². The summed E-state index contributed by atoms with van der Waals surface area (Å²) >= 11 is 0. The Morgan fingerprint density at radius 2 is 1.20 bits per heavy atom. The van der Waals surface area contributed by atoms with E-state index in [1.165, 1.54) is 27.1 Å². The number of anilines is 2. The number of aromatic nitrogens is 3. The van der Waals surface area contributed by atoms with E-state index in [4.69, 9.17) is 12.5 Å². The van der Waals surface area contributed by atoms with Gasteiger partial charge >= 0.3 is 0 Å². The molecule has 5 heteroatoms. The maximum absolute atomic E-state index is 9.28. The third-order valence-electron chi connectivity index (χ3n) is 14.1. The topological polar surface area (TPSA) is 35.2 Å². The molecular weight excluding hydrogens is 865 g/mol. The van der Waals surface area contributed by atoms with Crippen LogP contribution >= 0.6 is 0 Å². The maximum atomic E-state index is 9.28. The van der Waals surface area contributed by atoms with Crippen LogP contribution in [-0.4, -0.2) is 14.1 Å². The van der Waals surface area contributed by atoms with Crippen LogP contribution < -0.4 is 9.64 Å². The summed E-state index contributed by atoms with van der Waals surface area (Å²) in [5, 5.41) is 9.14. The standard InChI is InChI=1S/C66H60N4O/c1-42(2)44-35-45(37-46(36-44)66(6,7)8)50-25-16-26-57-53-22-11-9-20-51(53)52-21-10-12-23-54(52)58-27-17-29-60-64(58)69(63(50)57)41-68(60)47-18-15-19-48(38-47)71-49-30-31-56-55-24-13-14-28-59(55)70(61(56)39-49)62-34-43(32-33-67-62)40-65(3,4)5/h9-39,42H,40-41H2,1-8H3/i40D2,42D. The molecule has 1 aliphatic heterocycles. The van der Waals surface area contributed by atoms with Crippen LogP contribution in [-0.2, 0) is 18.5 Å². The lowest BCUT2D eigenvalue weighted by molar-refractivity contribution is 0.411. The maximum Gasteiger partial charge on any atom is 0.137 e. The van der Waals surface area contributed by atoms with E-state index in [1.807, 2.05) is 65.0 Å². The summed E-state index contributed by atoms with van der Waals surface area (Å²) in [4.78, 5) is 7.24. The highest BCUT2D eigenvalue weighted by molar-refractivity contribution is 6.22. The molecule has 0 atom stereocenters. The lowest BCUT2D eigenvalue weighted by Crippen LogP contribution is -2.15. The van der Waals surface area contributed by atoms with Gasteiger partial charge in [-0.25, -0.2) is 4.98 Å². The Balaban J connectivity index is 1.04. The number of hydrogen-bond acceptors (Lipinski definition) is 3. The van der Waals surface area contributed by atoms with Crippen molar-refractivity contribution >= 4 is 76.5 Å². The fourth-order valence-corrected chi connectivity index (χ4v) is 10.8. The number of rotatable bonds is 7. The molecule has 0 fully saturated rings. The van der Waals surface area contributed by atoms with Crippen LogP contribution in [0.2, 0.25) is 0 Å². The van der Waals surface area contributed by atoms with E-state index in [0.717, 1.165) is 71.7 Å². The smallest absolute Gasteiger partial charge is 0.137 e. The molecule has 0 bridgehead atoms. The number of nitrogens with zero attached hydrogens (tertiary/aromatic N) is 4. The van der Waals surface area contributed by atoms with Gasteiger partial charge in [-0.1, -0.05) is 177 Å². The zero-order valence-electron chi connectivity index (χ0n) is 44.8. The second-order valence-corrected chi connectivity index (χ2v) is 21.4. The van der Waals surface area contributed by atoms with E-state index < -0.39 is 17.7 Å². The molecule has 8 aromatic carbocycles. The molecule has 71 heavy (non-hydrogen) atoms. The van der Waals surface area contributed by atoms with Gasteiger partial charge in [0.05, 0.1) is 27.8 Å². The predicted molar refractivity (Wildman–Crippen MR) is 301 cm³/mol. The molecule has 0 saturated carbocycles. The second-order valence-electron chi connectivity index (χ2n) is 21.4. The van der Waals surface area contributed by atoms with Gasteiger partial charge < -0.3 is 14.2 Å². The Morgan fingerprint density at radius 3 is 1.90 bits per heavy atom. The van der Waals surface area contributed by atoms with Crippen molar-refractivity contribution in [2.24, 2.45) is 5.41 Å². The van der Waals surface area contributed by atoms with E-state index >= 15 is 0 Å². The highest BCUT2D eigenvalue weighted by Gasteiger charge is 2.27. The first-order valence-electron chi connectivity index (χ1n) is 26.3. The normalized spacial score (nSPS) is 13.9. The molecule has 0 unspecified atom stereocenters. The summed E-state index contributed by atoms with van der Waals surface area (Å²) in [7, 11) is 0. The molecule has 12 rings (SSSR count). The monoisotopic (exact) mass is 927 g/mol. The number of pyridine rings is 1. The Hall–Kier alpha value is -7.89. The van der Waals surface area contributed by atoms with Gasteiger partial charge in [-0.05, 0) is 115 Å². The van der Waals surface area contributed by atoms with Gasteiger partial charge in [-0.3, -0.25) is 4.57 Å². The average Bonchev–Trinajstić information content (AvgIpc) is 3.95. The van der Waals surface area contributed by atoms with Crippen LogP contribution in [0.1, 0.15) is 82.1 Å². The minimum atomic E-state index is -1.59. The molecule has 11 aromatic rings. The summed E-state index contributed by atoms with van der Waals surface area (Å²) in [6.07, 6.45) is 0.126. The molecule has 0 amide bonds. The minimum Gasteiger partial charge on any atom is -0.457 e. The van der Waals surface area contributed by atoms with E-state index in [2.05, 4.69) is 180 Å². The largest absolute Gasteiger partial charge is 0.457 e. The van der Waals surface area contributed by atoms with Crippen molar-refractivity contribution in [2.75, 3.05) is 4.90 Å². The van der Waals surface area contributed by atoms with Crippen molar-refractivity contribution in [3.05, 3.63) is 205 Å². The van der Waals surface area contributed by atoms with Gasteiger partial charge in [0.15, 0.2) is 0 Å². The lowest BCUT2D eigenvalue weighted by atomic mass is 9.82. The van der Waals surface area contributed by atoms with Crippen molar-refractivity contribution in [3.63, 3.8) is 0 Å². The van der Waals surface area contributed by atoms with Crippen LogP contribution in [0.5, 0.6) is 11.5 Å². The Kier molecular flexibility index (Phi) is 9.75. The SMILES string of the molecule is [2H]C(C)(C)c1cc(-c2cccc3c4ccccc4c4ccccc4c4cccc5c4n(c23)CN5c2cccc(Oc3ccc4c5ccccc5n(-c5cc(C([2H])([2H])C(C)(C)C)ccn5)c4c3)c2)cc(C(C)(C)C)c1. The molecule has 5 nitrogen and oxygen atoms in total. The molecule has 4 heterocycles. The van der Waals surface area contributed by atoms with Gasteiger partial charge in [0.1, 0.15) is 24.0 Å². The molecule has 0 aliphatic carbocycles. The third-order valence-corrected chi connectivity index (χ3v) is 14.1.